The van der Waals surface area contributed by atoms with Gasteiger partial charge >= 0.3 is 0 Å². The molecule has 1 fully saturated rings. The summed E-state index contributed by atoms with van der Waals surface area (Å²) in [5.41, 5.74) is 3.95. The Balaban J connectivity index is 0.000000647. The van der Waals surface area contributed by atoms with Gasteiger partial charge in [-0.1, -0.05) is 60.7 Å². The topological polar surface area (TPSA) is 29.1 Å². The lowest BCUT2D eigenvalue weighted by Crippen LogP contribution is -2.16. The van der Waals surface area contributed by atoms with Gasteiger partial charge in [0.1, 0.15) is 0 Å². The molecule has 24 heavy (non-hydrogen) atoms. The summed E-state index contributed by atoms with van der Waals surface area (Å²) in [5, 5.41) is 2.75. The molecule has 0 aromatic heterocycles. The molecule has 0 atom stereocenters. The maximum Gasteiger partial charge on any atom is 0.186 e. The van der Waals surface area contributed by atoms with Crippen LogP contribution >= 0.6 is 11.8 Å². The van der Waals surface area contributed by atoms with Crippen molar-refractivity contribution in [1.82, 2.24) is 5.32 Å². The Labute approximate surface area is 148 Å². The molecule has 0 unspecified atom stereocenters. The summed E-state index contributed by atoms with van der Waals surface area (Å²) in [6, 6.07) is 20.1. The average molecular weight is 337 g/mol. The molecule has 2 aromatic rings. The molecule has 2 aromatic carbocycles. The first-order chi connectivity index (χ1) is 11.7. The Morgan fingerprint density at radius 1 is 0.792 bits per heavy atom. The van der Waals surface area contributed by atoms with Crippen molar-refractivity contribution in [3.05, 3.63) is 82.9 Å². The van der Waals surface area contributed by atoms with Gasteiger partial charge in [0.25, 0.3) is 0 Å². The van der Waals surface area contributed by atoms with E-state index in [9.17, 15) is 4.79 Å². The van der Waals surface area contributed by atoms with E-state index in [2.05, 4.69) is 5.32 Å². The van der Waals surface area contributed by atoms with Crippen LogP contribution in [0.3, 0.4) is 0 Å². The second kappa shape index (κ2) is 9.91. The molecule has 1 aliphatic heterocycles. The second-order valence-electron chi connectivity index (χ2n) is 5.48. The minimum absolute atomic E-state index is 0.182. The number of ketones is 1. The highest BCUT2D eigenvalue weighted by molar-refractivity contribution is 7.99. The summed E-state index contributed by atoms with van der Waals surface area (Å²) in [6.45, 7) is 0. The molecule has 3 heteroatoms. The van der Waals surface area contributed by atoms with E-state index in [1.54, 1.807) is 11.8 Å². The third-order valence-electron chi connectivity index (χ3n) is 3.38. The highest BCUT2D eigenvalue weighted by atomic mass is 32.2. The fourth-order valence-electron chi connectivity index (χ4n) is 2.32. The van der Waals surface area contributed by atoms with E-state index < -0.39 is 0 Å². The molecule has 1 heterocycles. The smallest absolute Gasteiger partial charge is 0.186 e. The van der Waals surface area contributed by atoms with E-state index in [1.807, 2.05) is 86.9 Å². The van der Waals surface area contributed by atoms with E-state index in [0.717, 1.165) is 33.8 Å². The van der Waals surface area contributed by atoms with Crippen LogP contribution in [0.1, 0.15) is 11.1 Å². The highest BCUT2D eigenvalue weighted by Gasteiger charge is 2.20. The summed E-state index contributed by atoms with van der Waals surface area (Å²) in [5.74, 6) is 1.76. The van der Waals surface area contributed by atoms with Crippen LogP contribution in [0.15, 0.2) is 71.8 Å². The lowest BCUT2D eigenvalue weighted by Gasteiger charge is -2.16. The van der Waals surface area contributed by atoms with Crippen LogP contribution < -0.4 is 5.32 Å². The molecule has 1 N–H and O–H groups in total. The van der Waals surface area contributed by atoms with Gasteiger partial charge in [0, 0.05) is 22.7 Å². The molecule has 0 saturated carbocycles. The maximum absolute atomic E-state index is 12.6. The normalized spacial score (nSPS) is 17.5. The zero-order valence-electron chi connectivity index (χ0n) is 14.2. The fourth-order valence-corrected chi connectivity index (χ4v) is 3.29. The van der Waals surface area contributed by atoms with Gasteiger partial charge < -0.3 is 5.32 Å². The summed E-state index contributed by atoms with van der Waals surface area (Å²) < 4.78 is 0. The van der Waals surface area contributed by atoms with Crippen LogP contribution in [0.2, 0.25) is 0 Å². The minimum atomic E-state index is 0.182. The van der Waals surface area contributed by atoms with Crippen LogP contribution in [-0.2, 0) is 4.79 Å². The number of carbonyl (C=O) groups excluding carboxylic acids is 1. The van der Waals surface area contributed by atoms with Gasteiger partial charge in [-0.2, -0.15) is 11.8 Å². The zero-order chi connectivity index (χ0) is 17.2. The van der Waals surface area contributed by atoms with Gasteiger partial charge in [-0.05, 0) is 37.4 Å². The van der Waals surface area contributed by atoms with Crippen molar-refractivity contribution in [3.63, 3.8) is 0 Å². The van der Waals surface area contributed by atoms with Gasteiger partial charge in [-0.15, -0.1) is 0 Å². The first kappa shape index (κ1) is 18.2. The third kappa shape index (κ3) is 5.52. The zero-order valence-corrected chi connectivity index (χ0v) is 15.0. The molecule has 0 aliphatic carbocycles. The molecule has 0 spiro atoms. The summed E-state index contributed by atoms with van der Waals surface area (Å²) in [6.07, 6.45) is 4.01. The molecule has 0 radical (unpaired) electrons. The third-order valence-corrected chi connectivity index (χ3v) is 4.41. The number of thioether (sulfide) groups is 1. The van der Waals surface area contributed by atoms with Gasteiger partial charge in [0.05, 0.1) is 0 Å². The van der Waals surface area contributed by atoms with Crippen LogP contribution in [0.5, 0.6) is 0 Å². The molecule has 0 amide bonds. The Bertz CT molecular complexity index is 646. The van der Waals surface area contributed by atoms with Gasteiger partial charge in [0.15, 0.2) is 5.78 Å². The Hall–Kier alpha value is -2.10. The Kier molecular flexibility index (Phi) is 7.53. The van der Waals surface area contributed by atoms with E-state index in [1.165, 1.54) is 0 Å². The van der Waals surface area contributed by atoms with Gasteiger partial charge in [-0.25, -0.2) is 0 Å². The van der Waals surface area contributed by atoms with Crippen molar-refractivity contribution in [1.29, 1.82) is 0 Å². The molecule has 1 aliphatic rings. The number of hydrogen-bond donors (Lipinski definition) is 1. The first-order valence-electron chi connectivity index (χ1n) is 7.96. The van der Waals surface area contributed by atoms with Crippen molar-refractivity contribution in [2.24, 2.45) is 0 Å². The standard InChI is InChI=1S/C19H16OS.C2H7N/c20-19-17(11-15-7-3-1-4-8-15)13-21-14-18(19)12-16-9-5-2-6-10-16;1-3-2/h1-12H,13-14H2;3H,1-2H3. The molecular weight excluding hydrogens is 314 g/mol. The van der Waals surface area contributed by atoms with Crippen LogP contribution in [-0.4, -0.2) is 31.4 Å². The summed E-state index contributed by atoms with van der Waals surface area (Å²) >= 11 is 1.80. The SMILES string of the molecule is CNC.O=C1C(=Cc2ccccc2)CSCC1=Cc1ccccc1. The summed E-state index contributed by atoms with van der Waals surface area (Å²) in [7, 11) is 3.75. The van der Waals surface area contributed by atoms with Crippen molar-refractivity contribution in [2.45, 2.75) is 0 Å². The number of carbonyl (C=O) groups is 1. The van der Waals surface area contributed by atoms with Crippen molar-refractivity contribution in [2.75, 3.05) is 25.6 Å². The van der Waals surface area contributed by atoms with E-state index >= 15 is 0 Å². The molecule has 0 bridgehead atoms. The summed E-state index contributed by atoms with van der Waals surface area (Å²) in [4.78, 5) is 12.6. The molecule has 2 nitrogen and oxygen atoms in total. The lowest BCUT2D eigenvalue weighted by molar-refractivity contribution is -0.112. The van der Waals surface area contributed by atoms with Crippen LogP contribution in [0.4, 0.5) is 0 Å². The molecule has 124 valence electrons. The fraction of sp³-hybridized carbons (Fsp3) is 0.190. The van der Waals surface area contributed by atoms with Gasteiger partial charge in [0.2, 0.25) is 0 Å². The van der Waals surface area contributed by atoms with Crippen molar-refractivity contribution < 1.29 is 4.79 Å². The van der Waals surface area contributed by atoms with Crippen molar-refractivity contribution in [3.8, 4) is 0 Å². The molecule has 3 rings (SSSR count). The van der Waals surface area contributed by atoms with E-state index in [0.29, 0.717) is 0 Å². The number of nitrogens with one attached hydrogen (secondary N) is 1. The number of Topliss-reactive ketones (excluding diaryl/α,β-unsaturated/α-hetero) is 1. The molecule has 1 saturated heterocycles. The minimum Gasteiger partial charge on any atom is -0.323 e. The predicted octanol–water partition coefficient (Wildman–Crippen LogP) is 4.31. The lowest BCUT2D eigenvalue weighted by atomic mass is 10.0. The highest BCUT2D eigenvalue weighted by Crippen LogP contribution is 2.26. The van der Waals surface area contributed by atoms with Crippen molar-refractivity contribution >= 4 is 29.7 Å². The number of benzene rings is 2. The first-order valence-corrected chi connectivity index (χ1v) is 9.12. The van der Waals surface area contributed by atoms with E-state index in [-0.39, 0.29) is 5.78 Å². The number of rotatable bonds is 2. The predicted molar refractivity (Wildman–Crippen MR) is 106 cm³/mol. The Morgan fingerprint density at radius 3 is 1.54 bits per heavy atom. The van der Waals surface area contributed by atoms with Gasteiger partial charge in [-0.3, -0.25) is 4.79 Å². The number of hydrogen-bond acceptors (Lipinski definition) is 3. The van der Waals surface area contributed by atoms with Crippen LogP contribution in [0, 0.1) is 0 Å². The monoisotopic (exact) mass is 337 g/mol. The van der Waals surface area contributed by atoms with E-state index in [4.69, 9.17) is 0 Å². The second-order valence-corrected chi connectivity index (χ2v) is 6.47. The average Bonchev–Trinajstić information content (AvgIpc) is 2.61. The quantitative estimate of drug-likeness (QED) is 0.828. The largest absolute Gasteiger partial charge is 0.323 e. The van der Waals surface area contributed by atoms with Crippen LogP contribution in [0.25, 0.3) is 12.2 Å². The Morgan fingerprint density at radius 2 is 1.17 bits per heavy atom. The molecular formula is C21H23NOS. The maximum atomic E-state index is 12.6.